The van der Waals surface area contributed by atoms with E-state index in [1.54, 1.807) is 30.3 Å². The summed E-state index contributed by atoms with van der Waals surface area (Å²) in [5, 5.41) is 4.47. The molecule has 0 saturated carbocycles. The first-order chi connectivity index (χ1) is 9.59. The van der Waals surface area contributed by atoms with Gasteiger partial charge in [-0.1, -0.05) is 24.3 Å². The van der Waals surface area contributed by atoms with Crippen molar-refractivity contribution in [3.63, 3.8) is 0 Å². The molecule has 2 N–H and O–H groups in total. The van der Waals surface area contributed by atoms with E-state index in [0.29, 0.717) is 4.88 Å². The Bertz CT molecular complexity index is 652. The van der Waals surface area contributed by atoms with E-state index < -0.39 is 10.0 Å². The van der Waals surface area contributed by atoms with E-state index in [1.807, 2.05) is 5.38 Å². The van der Waals surface area contributed by atoms with Crippen molar-refractivity contribution in [2.75, 3.05) is 13.1 Å². The predicted molar refractivity (Wildman–Crippen MR) is 78.3 cm³/mol. The molecule has 0 aliphatic rings. The average molecular weight is 310 g/mol. The highest BCUT2D eigenvalue weighted by Gasteiger charge is 2.12. The molecule has 0 radical (unpaired) electrons. The largest absolute Gasteiger partial charge is 0.350 e. The molecule has 0 unspecified atom stereocenters. The van der Waals surface area contributed by atoms with E-state index in [1.165, 1.54) is 23.5 Å². The van der Waals surface area contributed by atoms with Crippen LogP contribution in [-0.4, -0.2) is 27.4 Å². The molecule has 1 aromatic carbocycles. The van der Waals surface area contributed by atoms with Gasteiger partial charge in [-0.15, -0.1) is 11.3 Å². The number of carbonyl (C=O) groups is 1. The minimum Gasteiger partial charge on any atom is -0.350 e. The van der Waals surface area contributed by atoms with Gasteiger partial charge in [-0.05, 0) is 23.6 Å². The third-order valence-electron chi connectivity index (χ3n) is 2.50. The zero-order valence-corrected chi connectivity index (χ0v) is 12.2. The summed E-state index contributed by atoms with van der Waals surface area (Å²) in [4.78, 5) is 12.4. The Morgan fingerprint density at radius 2 is 1.80 bits per heavy atom. The van der Waals surface area contributed by atoms with Gasteiger partial charge in [-0.3, -0.25) is 4.79 Å². The number of benzene rings is 1. The van der Waals surface area contributed by atoms with E-state index in [-0.39, 0.29) is 23.9 Å². The third-order valence-corrected chi connectivity index (χ3v) is 4.85. The first kappa shape index (κ1) is 14.7. The lowest BCUT2D eigenvalue weighted by molar-refractivity contribution is 0.0958. The highest BCUT2D eigenvalue weighted by molar-refractivity contribution is 7.89. The van der Waals surface area contributed by atoms with Crippen molar-refractivity contribution in [2.45, 2.75) is 4.90 Å². The molecule has 106 valence electrons. The third kappa shape index (κ3) is 3.89. The zero-order valence-electron chi connectivity index (χ0n) is 10.6. The first-order valence-electron chi connectivity index (χ1n) is 5.96. The second-order valence-corrected chi connectivity index (χ2v) is 6.66. The van der Waals surface area contributed by atoms with Crippen molar-refractivity contribution >= 4 is 27.3 Å². The number of amides is 1. The average Bonchev–Trinajstić information content (AvgIpc) is 2.98. The Balaban J connectivity index is 1.80. The molecule has 0 bridgehead atoms. The molecule has 20 heavy (non-hydrogen) atoms. The molecule has 0 atom stereocenters. The van der Waals surface area contributed by atoms with Crippen molar-refractivity contribution in [1.29, 1.82) is 0 Å². The maximum atomic E-state index is 11.9. The van der Waals surface area contributed by atoms with E-state index in [9.17, 15) is 13.2 Å². The Morgan fingerprint density at radius 1 is 1.05 bits per heavy atom. The number of carbonyl (C=O) groups excluding carboxylic acids is 1. The van der Waals surface area contributed by atoms with Gasteiger partial charge >= 0.3 is 0 Å². The number of hydrogen-bond acceptors (Lipinski definition) is 4. The maximum Gasteiger partial charge on any atom is 0.261 e. The maximum absolute atomic E-state index is 11.9. The van der Waals surface area contributed by atoms with Crippen molar-refractivity contribution in [2.24, 2.45) is 0 Å². The van der Waals surface area contributed by atoms with Gasteiger partial charge in [-0.2, -0.15) is 0 Å². The van der Waals surface area contributed by atoms with Gasteiger partial charge in [0.15, 0.2) is 0 Å². The van der Waals surface area contributed by atoms with Gasteiger partial charge in [0.1, 0.15) is 0 Å². The fourth-order valence-corrected chi connectivity index (χ4v) is 3.23. The SMILES string of the molecule is O=C(NCCNS(=O)(=O)c1ccccc1)c1cccs1. The summed E-state index contributed by atoms with van der Waals surface area (Å²) < 4.78 is 26.2. The number of nitrogens with one attached hydrogen (secondary N) is 2. The minimum absolute atomic E-state index is 0.147. The van der Waals surface area contributed by atoms with Crippen LogP contribution < -0.4 is 10.0 Å². The van der Waals surface area contributed by atoms with Gasteiger partial charge in [0, 0.05) is 13.1 Å². The van der Waals surface area contributed by atoms with Gasteiger partial charge < -0.3 is 5.32 Å². The number of rotatable bonds is 6. The van der Waals surface area contributed by atoms with Crippen molar-refractivity contribution in [3.8, 4) is 0 Å². The van der Waals surface area contributed by atoms with E-state index in [2.05, 4.69) is 10.0 Å². The summed E-state index contributed by atoms with van der Waals surface area (Å²) in [6.45, 7) is 0.386. The van der Waals surface area contributed by atoms with Crippen LogP contribution in [0.4, 0.5) is 0 Å². The van der Waals surface area contributed by atoms with Crippen LogP contribution in [0.5, 0.6) is 0 Å². The molecular weight excluding hydrogens is 296 g/mol. The fourth-order valence-electron chi connectivity index (χ4n) is 1.54. The van der Waals surface area contributed by atoms with Crippen molar-refractivity contribution < 1.29 is 13.2 Å². The van der Waals surface area contributed by atoms with Crippen LogP contribution in [-0.2, 0) is 10.0 Å². The molecule has 0 spiro atoms. The standard InChI is InChI=1S/C13H14N2O3S2/c16-13(12-7-4-10-19-12)14-8-9-15-20(17,18)11-5-2-1-3-6-11/h1-7,10,15H,8-9H2,(H,14,16). The lowest BCUT2D eigenvalue weighted by Crippen LogP contribution is -2.34. The van der Waals surface area contributed by atoms with Crippen LogP contribution >= 0.6 is 11.3 Å². The fraction of sp³-hybridized carbons (Fsp3) is 0.154. The van der Waals surface area contributed by atoms with Crippen LogP contribution in [0.2, 0.25) is 0 Å². The van der Waals surface area contributed by atoms with Crippen LogP contribution in [0, 0.1) is 0 Å². The summed E-state index contributed by atoms with van der Waals surface area (Å²) in [7, 11) is -3.51. The summed E-state index contributed by atoms with van der Waals surface area (Å²) >= 11 is 1.34. The molecule has 0 fully saturated rings. The molecule has 0 aliphatic heterocycles. The highest BCUT2D eigenvalue weighted by Crippen LogP contribution is 2.08. The van der Waals surface area contributed by atoms with Crippen LogP contribution in [0.1, 0.15) is 9.67 Å². The van der Waals surface area contributed by atoms with Crippen molar-refractivity contribution in [3.05, 3.63) is 52.7 Å². The van der Waals surface area contributed by atoms with E-state index in [0.717, 1.165) is 0 Å². The van der Waals surface area contributed by atoms with Gasteiger partial charge in [0.2, 0.25) is 10.0 Å². The Hall–Kier alpha value is -1.70. The second kappa shape index (κ2) is 6.65. The zero-order chi connectivity index (χ0) is 14.4. The Kier molecular flexibility index (Phi) is 4.89. The van der Waals surface area contributed by atoms with Gasteiger partial charge in [0.05, 0.1) is 9.77 Å². The molecule has 1 aromatic heterocycles. The molecule has 0 saturated heterocycles. The normalized spacial score (nSPS) is 11.2. The van der Waals surface area contributed by atoms with Crippen LogP contribution in [0.25, 0.3) is 0 Å². The summed E-state index contributed by atoms with van der Waals surface area (Å²) in [5.74, 6) is -0.195. The summed E-state index contributed by atoms with van der Waals surface area (Å²) in [6.07, 6.45) is 0. The lowest BCUT2D eigenvalue weighted by Gasteiger charge is -2.07. The summed E-state index contributed by atoms with van der Waals surface area (Å²) in [5.41, 5.74) is 0. The smallest absolute Gasteiger partial charge is 0.261 e. The Labute approximate surface area is 121 Å². The molecular formula is C13H14N2O3S2. The molecule has 0 aliphatic carbocycles. The summed E-state index contributed by atoms with van der Waals surface area (Å²) in [6, 6.07) is 11.6. The Morgan fingerprint density at radius 3 is 2.45 bits per heavy atom. The number of hydrogen-bond donors (Lipinski definition) is 2. The highest BCUT2D eigenvalue weighted by atomic mass is 32.2. The quantitative estimate of drug-likeness (QED) is 0.793. The first-order valence-corrected chi connectivity index (χ1v) is 8.32. The van der Waals surface area contributed by atoms with E-state index >= 15 is 0 Å². The minimum atomic E-state index is -3.51. The molecule has 2 aromatic rings. The number of thiophene rings is 1. The van der Waals surface area contributed by atoms with Gasteiger partial charge in [-0.25, -0.2) is 13.1 Å². The van der Waals surface area contributed by atoms with Crippen LogP contribution in [0.15, 0.2) is 52.7 Å². The molecule has 1 amide bonds. The molecule has 1 heterocycles. The molecule has 2 rings (SSSR count). The van der Waals surface area contributed by atoms with E-state index in [4.69, 9.17) is 0 Å². The molecule has 7 heteroatoms. The lowest BCUT2D eigenvalue weighted by atomic mass is 10.4. The van der Waals surface area contributed by atoms with Crippen LogP contribution in [0.3, 0.4) is 0 Å². The van der Waals surface area contributed by atoms with Crippen molar-refractivity contribution in [1.82, 2.24) is 10.0 Å². The monoisotopic (exact) mass is 310 g/mol. The van der Waals surface area contributed by atoms with Gasteiger partial charge in [0.25, 0.3) is 5.91 Å². The second-order valence-electron chi connectivity index (χ2n) is 3.94. The predicted octanol–water partition coefficient (Wildman–Crippen LogP) is 1.46. The molecule has 5 nitrogen and oxygen atoms in total. The number of sulfonamides is 1. The topological polar surface area (TPSA) is 75.3 Å².